The van der Waals surface area contributed by atoms with E-state index in [-0.39, 0.29) is 10.8 Å². The van der Waals surface area contributed by atoms with Gasteiger partial charge < -0.3 is 14.9 Å². The number of carbonyl (C=O) groups is 2. The number of amides is 1. The SMILES string of the molecule is Cc1cc(NC(=O)c2cnoc2C)sc1C(=O)O. The number of nitrogens with zero attached hydrogens (tertiary/aromatic N) is 1. The van der Waals surface area contributed by atoms with Gasteiger partial charge >= 0.3 is 5.97 Å². The first kappa shape index (κ1) is 12.3. The van der Waals surface area contributed by atoms with Gasteiger partial charge in [-0.05, 0) is 25.5 Å². The molecule has 0 aromatic carbocycles. The normalized spacial score (nSPS) is 10.3. The molecule has 7 heteroatoms. The van der Waals surface area contributed by atoms with Crippen molar-refractivity contribution < 1.29 is 19.2 Å². The van der Waals surface area contributed by atoms with Gasteiger partial charge in [-0.2, -0.15) is 0 Å². The third-order valence-electron chi connectivity index (χ3n) is 2.34. The van der Waals surface area contributed by atoms with E-state index >= 15 is 0 Å². The monoisotopic (exact) mass is 266 g/mol. The molecule has 0 saturated heterocycles. The van der Waals surface area contributed by atoms with E-state index in [1.165, 1.54) is 6.20 Å². The van der Waals surface area contributed by atoms with Crippen LogP contribution in [0.25, 0.3) is 0 Å². The molecule has 0 aliphatic heterocycles. The van der Waals surface area contributed by atoms with Gasteiger partial charge in [-0.15, -0.1) is 11.3 Å². The van der Waals surface area contributed by atoms with Gasteiger partial charge in [0.25, 0.3) is 5.91 Å². The minimum absolute atomic E-state index is 0.215. The van der Waals surface area contributed by atoms with Crippen LogP contribution in [-0.4, -0.2) is 22.1 Å². The molecule has 6 nitrogen and oxygen atoms in total. The predicted molar refractivity (Wildman–Crippen MR) is 65.2 cm³/mol. The number of carboxylic acid groups (broad SMARTS) is 1. The molecule has 0 spiro atoms. The Morgan fingerprint density at radius 1 is 1.44 bits per heavy atom. The summed E-state index contributed by atoms with van der Waals surface area (Å²) in [5, 5.41) is 15.5. The Balaban J connectivity index is 2.20. The van der Waals surface area contributed by atoms with Crippen molar-refractivity contribution in [2.24, 2.45) is 0 Å². The summed E-state index contributed by atoms with van der Waals surface area (Å²) in [6, 6.07) is 1.62. The number of carboxylic acids is 1. The maximum Gasteiger partial charge on any atom is 0.346 e. The Morgan fingerprint density at radius 2 is 2.17 bits per heavy atom. The summed E-state index contributed by atoms with van der Waals surface area (Å²) >= 11 is 1.02. The molecule has 0 aliphatic carbocycles. The van der Waals surface area contributed by atoms with Crippen LogP contribution in [0.4, 0.5) is 5.00 Å². The number of thiophene rings is 1. The third-order valence-corrected chi connectivity index (χ3v) is 3.48. The molecule has 0 unspecified atom stereocenters. The van der Waals surface area contributed by atoms with Gasteiger partial charge in [0.05, 0.1) is 11.2 Å². The maximum atomic E-state index is 11.8. The van der Waals surface area contributed by atoms with Gasteiger partial charge in [-0.25, -0.2) is 4.79 Å². The summed E-state index contributed by atoms with van der Waals surface area (Å²) in [5.41, 5.74) is 0.947. The number of anilines is 1. The van der Waals surface area contributed by atoms with E-state index in [4.69, 9.17) is 9.63 Å². The van der Waals surface area contributed by atoms with E-state index in [0.717, 1.165) is 11.3 Å². The van der Waals surface area contributed by atoms with E-state index in [0.29, 0.717) is 21.9 Å². The van der Waals surface area contributed by atoms with Crippen LogP contribution in [0.1, 0.15) is 31.4 Å². The Hall–Kier alpha value is -2.15. The molecule has 0 atom stereocenters. The first-order valence-electron chi connectivity index (χ1n) is 5.05. The highest BCUT2D eigenvalue weighted by Crippen LogP contribution is 2.27. The molecule has 0 aliphatic rings. The van der Waals surface area contributed by atoms with Crippen molar-refractivity contribution in [1.29, 1.82) is 0 Å². The number of aromatic nitrogens is 1. The Morgan fingerprint density at radius 3 is 2.67 bits per heavy atom. The summed E-state index contributed by atoms with van der Waals surface area (Å²) in [5.74, 6) is -0.953. The fourth-order valence-corrected chi connectivity index (χ4v) is 2.36. The maximum absolute atomic E-state index is 11.8. The van der Waals surface area contributed by atoms with Crippen molar-refractivity contribution in [1.82, 2.24) is 5.16 Å². The second-order valence-corrected chi connectivity index (χ2v) is 4.73. The largest absolute Gasteiger partial charge is 0.477 e. The molecule has 0 radical (unpaired) electrons. The van der Waals surface area contributed by atoms with Gasteiger partial charge in [0.2, 0.25) is 0 Å². The van der Waals surface area contributed by atoms with Crippen molar-refractivity contribution in [3.8, 4) is 0 Å². The molecule has 2 N–H and O–H groups in total. The summed E-state index contributed by atoms with van der Waals surface area (Å²) in [4.78, 5) is 22.9. The fourth-order valence-electron chi connectivity index (χ4n) is 1.45. The summed E-state index contributed by atoms with van der Waals surface area (Å²) in [7, 11) is 0. The molecule has 18 heavy (non-hydrogen) atoms. The molecule has 2 aromatic heterocycles. The lowest BCUT2D eigenvalue weighted by molar-refractivity contribution is 0.0701. The van der Waals surface area contributed by atoms with Crippen LogP contribution in [-0.2, 0) is 0 Å². The Kier molecular flexibility index (Phi) is 3.15. The average molecular weight is 266 g/mol. The molecule has 94 valence electrons. The number of aromatic carboxylic acids is 1. The van der Waals surface area contributed by atoms with E-state index < -0.39 is 5.97 Å². The van der Waals surface area contributed by atoms with Crippen molar-refractivity contribution in [2.45, 2.75) is 13.8 Å². The molecule has 2 rings (SSSR count). The summed E-state index contributed by atoms with van der Waals surface area (Å²) in [6.07, 6.45) is 1.32. The number of nitrogens with one attached hydrogen (secondary N) is 1. The van der Waals surface area contributed by atoms with Gasteiger partial charge in [0.1, 0.15) is 16.2 Å². The van der Waals surface area contributed by atoms with Crippen LogP contribution in [0.3, 0.4) is 0 Å². The zero-order valence-corrected chi connectivity index (χ0v) is 10.5. The van der Waals surface area contributed by atoms with E-state index in [1.54, 1.807) is 19.9 Å². The second-order valence-electron chi connectivity index (χ2n) is 3.68. The van der Waals surface area contributed by atoms with Gasteiger partial charge in [0, 0.05) is 0 Å². The molecular weight excluding hydrogens is 256 g/mol. The fraction of sp³-hybridized carbons (Fsp3) is 0.182. The smallest absolute Gasteiger partial charge is 0.346 e. The Bertz CT molecular complexity index is 614. The standard InChI is InChI=1S/C11H10N2O4S/c1-5-3-8(18-9(5)11(15)16)13-10(14)7-4-12-17-6(7)2/h3-4H,1-2H3,(H,13,14)(H,15,16). The topological polar surface area (TPSA) is 92.4 Å². The molecular formula is C11H10N2O4S. The van der Waals surface area contributed by atoms with Crippen LogP contribution in [0.5, 0.6) is 0 Å². The summed E-state index contributed by atoms with van der Waals surface area (Å²) < 4.78 is 4.79. The highest BCUT2D eigenvalue weighted by atomic mass is 32.1. The molecule has 2 heterocycles. The van der Waals surface area contributed by atoms with Crippen LogP contribution < -0.4 is 5.32 Å². The van der Waals surface area contributed by atoms with Crippen LogP contribution in [0.2, 0.25) is 0 Å². The van der Waals surface area contributed by atoms with Crippen LogP contribution in [0.15, 0.2) is 16.8 Å². The van der Waals surface area contributed by atoms with Crippen LogP contribution >= 0.6 is 11.3 Å². The average Bonchev–Trinajstić information content (AvgIpc) is 2.84. The van der Waals surface area contributed by atoms with Crippen molar-refractivity contribution in [3.63, 3.8) is 0 Å². The highest BCUT2D eigenvalue weighted by molar-refractivity contribution is 7.18. The minimum atomic E-state index is -1.00. The minimum Gasteiger partial charge on any atom is -0.477 e. The zero-order chi connectivity index (χ0) is 13.3. The van der Waals surface area contributed by atoms with Gasteiger partial charge in [0.15, 0.2) is 0 Å². The van der Waals surface area contributed by atoms with Crippen LogP contribution in [0, 0.1) is 13.8 Å². The lowest BCUT2D eigenvalue weighted by Gasteiger charge is -1.99. The van der Waals surface area contributed by atoms with Crippen molar-refractivity contribution >= 4 is 28.2 Å². The molecule has 1 amide bonds. The number of aryl methyl sites for hydroxylation is 2. The number of rotatable bonds is 3. The van der Waals surface area contributed by atoms with E-state index in [2.05, 4.69) is 10.5 Å². The van der Waals surface area contributed by atoms with Crippen molar-refractivity contribution in [2.75, 3.05) is 5.32 Å². The number of hydrogen-bond donors (Lipinski definition) is 2. The summed E-state index contributed by atoms with van der Waals surface area (Å²) in [6.45, 7) is 3.31. The highest BCUT2D eigenvalue weighted by Gasteiger charge is 2.17. The number of carbonyl (C=O) groups excluding carboxylic acids is 1. The van der Waals surface area contributed by atoms with E-state index in [1.807, 2.05) is 0 Å². The lowest BCUT2D eigenvalue weighted by atomic mass is 10.2. The first-order chi connectivity index (χ1) is 8.49. The Labute approximate surface area is 106 Å². The second kappa shape index (κ2) is 4.61. The first-order valence-corrected chi connectivity index (χ1v) is 5.87. The predicted octanol–water partition coefficient (Wildman–Crippen LogP) is 2.30. The molecule has 2 aromatic rings. The molecule has 0 saturated carbocycles. The van der Waals surface area contributed by atoms with Crippen molar-refractivity contribution in [3.05, 3.63) is 34.0 Å². The number of hydrogen-bond acceptors (Lipinski definition) is 5. The van der Waals surface area contributed by atoms with Gasteiger partial charge in [-0.3, -0.25) is 4.79 Å². The lowest BCUT2D eigenvalue weighted by Crippen LogP contribution is -2.10. The third kappa shape index (κ3) is 2.25. The molecule has 0 bridgehead atoms. The van der Waals surface area contributed by atoms with Gasteiger partial charge in [-0.1, -0.05) is 5.16 Å². The van der Waals surface area contributed by atoms with E-state index in [9.17, 15) is 9.59 Å². The quantitative estimate of drug-likeness (QED) is 0.889. The zero-order valence-electron chi connectivity index (χ0n) is 9.68. The molecule has 0 fully saturated rings.